The molecule has 7 heteroatoms. The fourth-order valence-electron chi connectivity index (χ4n) is 3.86. The maximum Gasteiger partial charge on any atom is 0.216 e. The summed E-state index contributed by atoms with van der Waals surface area (Å²) >= 11 is 0. The Kier molecular flexibility index (Phi) is 6.63. The van der Waals surface area contributed by atoms with Crippen molar-refractivity contribution in [3.63, 3.8) is 0 Å². The van der Waals surface area contributed by atoms with Gasteiger partial charge in [-0.05, 0) is 50.6 Å². The van der Waals surface area contributed by atoms with Gasteiger partial charge in [-0.2, -0.15) is 5.10 Å². The lowest BCUT2D eigenvalue weighted by atomic mass is 10.1. The van der Waals surface area contributed by atoms with Crippen molar-refractivity contribution in [3.8, 4) is 17.1 Å². The smallest absolute Gasteiger partial charge is 0.216 e. The average Bonchev–Trinajstić information content (AvgIpc) is 3.42. The van der Waals surface area contributed by atoms with Crippen molar-refractivity contribution in [2.45, 2.75) is 39.0 Å². The molecule has 1 saturated heterocycles. The largest absolute Gasteiger partial charge is 0.475 e. The van der Waals surface area contributed by atoms with Crippen molar-refractivity contribution in [3.05, 3.63) is 65.2 Å². The van der Waals surface area contributed by atoms with Crippen LogP contribution >= 0.6 is 0 Å². The van der Waals surface area contributed by atoms with Crippen molar-refractivity contribution >= 4 is 0 Å². The van der Waals surface area contributed by atoms with E-state index in [2.05, 4.69) is 15.0 Å². The summed E-state index contributed by atoms with van der Waals surface area (Å²) in [4.78, 5) is 6.47. The maximum atomic E-state index is 14.7. The zero-order valence-corrected chi connectivity index (χ0v) is 18.3. The van der Waals surface area contributed by atoms with Gasteiger partial charge >= 0.3 is 0 Å². The third kappa shape index (κ3) is 5.29. The molecule has 0 bridgehead atoms. The number of pyridine rings is 1. The number of ether oxygens (including phenoxy) is 2. The Hall–Kier alpha value is -2.77. The SMILES string of the molecule is Cc1c(CN(C)Cc2ccc(-c3ccn(C)n3)cc2F)ccnc1OCC1CCCO1. The van der Waals surface area contributed by atoms with Gasteiger partial charge in [0.25, 0.3) is 0 Å². The van der Waals surface area contributed by atoms with Gasteiger partial charge in [-0.3, -0.25) is 9.58 Å². The molecule has 164 valence electrons. The van der Waals surface area contributed by atoms with E-state index in [0.717, 1.165) is 41.8 Å². The highest BCUT2D eigenvalue weighted by molar-refractivity contribution is 5.59. The van der Waals surface area contributed by atoms with Gasteiger partial charge in [-0.1, -0.05) is 12.1 Å². The molecule has 6 nitrogen and oxygen atoms in total. The minimum Gasteiger partial charge on any atom is -0.475 e. The van der Waals surface area contributed by atoms with E-state index < -0.39 is 0 Å². The summed E-state index contributed by atoms with van der Waals surface area (Å²) in [5.41, 5.74) is 4.33. The van der Waals surface area contributed by atoms with Gasteiger partial charge in [0.1, 0.15) is 12.4 Å². The van der Waals surface area contributed by atoms with E-state index in [0.29, 0.717) is 31.1 Å². The summed E-state index contributed by atoms with van der Waals surface area (Å²) in [6, 6.07) is 9.19. The molecule has 0 saturated carbocycles. The first-order valence-corrected chi connectivity index (χ1v) is 10.7. The molecule has 1 aromatic carbocycles. The van der Waals surface area contributed by atoms with Crippen LogP contribution in [-0.4, -0.2) is 46.0 Å². The molecule has 1 aliphatic rings. The van der Waals surface area contributed by atoms with Crippen molar-refractivity contribution in [2.75, 3.05) is 20.3 Å². The molecule has 1 aliphatic heterocycles. The van der Waals surface area contributed by atoms with Crippen LogP contribution < -0.4 is 4.74 Å². The minimum absolute atomic E-state index is 0.157. The second-order valence-corrected chi connectivity index (χ2v) is 8.20. The second kappa shape index (κ2) is 9.58. The molecule has 1 fully saturated rings. The lowest BCUT2D eigenvalue weighted by Crippen LogP contribution is -2.20. The Balaban J connectivity index is 1.39. The van der Waals surface area contributed by atoms with Gasteiger partial charge in [0.2, 0.25) is 5.88 Å². The Morgan fingerprint density at radius 1 is 1.23 bits per heavy atom. The van der Waals surface area contributed by atoms with Crippen LogP contribution in [0.3, 0.4) is 0 Å². The first-order chi connectivity index (χ1) is 15.0. The van der Waals surface area contributed by atoms with Gasteiger partial charge in [-0.25, -0.2) is 9.37 Å². The number of benzene rings is 1. The van der Waals surface area contributed by atoms with Gasteiger partial charge in [0, 0.05) is 55.8 Å². The Morgan fingerprint density at radius 2 is 2.06 bits per heavy atom. The lowest BCUT2D eigenvalue weighted by Gasteiger charge is -2.20. The predicted molar refractivity (Wildman–Crippen MR) is 117 cm³/mol. The monoisotopic (exact) mass is 424 g/mol. The van der Waals surface area contributed by atoms with Crippen LogP contribution in [0.1, 0.15) is 29.5 Å². The maximum absolute atomic E-state index is 14.7. The third-order valence-electron chi connectivity index (χ3n) is 5.64. The van der Waals surface area contributed by atoms with Crippen molar-refractivity contribution in [1.82, 2.24) is 19.7 Å². The molecule has 1 atom stereocenters. The molecule has 0 aliphatic carbocycles. The number of aryl methyl sites for hydroxylation is 1. The zero-order chi connectivity index (χ0) is 21.8. The molecule has 31 heavy (non-hydrogen) atoms. The van der Waals surface area contributed by atoms with Crippen LogP contribution in [0.2, 0.25) is 0 Å². The highest BCUT2D eigenvalue weighted by Gasteiger charge is 2.18. The molecule has 2 aromatic heterocycles. The minimum atomic E-state index is -0.220. The van der Waals surface area contributed by atoms with Crippen LogP contribution in [0.15, 0.2) is 42.7 Å². The van der Waals surface area contributed by atoms with E-state index in [4.69, 9.17) is 9.47 Å². The number of rotatable bonds is 8. The van der Waals surface area contributed by atoms with E-state index in [1.807, 2.05) is 51.5 Å². The second-order valence-electron chi connectivity index (χ2n) is 8.20. The molecule has 0 spiro atoms. The lowest BCUT2D eigenvalue weighted by molar-refractivity contribution is 0.0660. The topological polar surface area (TPSA) is 52.4 Å². The van der Waals surface area contributed by atoms with Crippen LogP contribution in [0, 0.1) is 12.7 Å². The fourth-order valence-corrected chi connectivity index (χ4v) is 3.86. The summed E-state index contributed by atoms with van der Waals surface area (Å²) in [5, 5.41) is 4.34. The highest BCUT2D eigenvalue weighted by Crippen LogP contribution is 2.24. The van der Waals surface area contributed by atoms with Crippen molar-refractivity contribution in [1.29, 1.82) is 0 Å². The number of hydrogen-bond donors (Lipinski definition) is 0. The molecule has 0 radical (unpaired) electrons. The van der Waals surface area contributed by atoms with Crippen LogP contribution in [-0.2, 0) is 24.9 Å². The Morgan fingerprint density at radius 3 is 2.77 bits per heavy atom. The van der Waals surface area contributed by atoms with Crippen LogP contribution in [0.25, 0.3) is 11.3 Å². The van der Waals surface area contributed by atoms with Gasteiger partial charge < -0.3 is 9.47 Å². The summed E-state index contributed by atoms with van der Waals surface area (Å²) < 4.78 is 28.0. The van der Waals surface area contributed by atoms with E-state index in [1.54, 1.807) is 16.9 Å². The van der Waals surface area contributed by atoms with E-state index >= 15 is 0 Å². The summed E-state index contributed by atoms with van der Waals surface area (Å²) in [5.74, 6) is 0.425. The average molecular weight is 425 g/mol. The molecule has 4 rings (SSSR count). The zero-order valence-electron chi connectivity index (χ0n) is 18.3. The highest BCUT2D eigenvalue weighted by atomic mass is 19.1. The van der Waals surface area contributed by atoms with E-state index in [1.165, 1.54) is 0 Å². The Bertz CT molecular complexity index is 1030. The predicted octanol–water partition coefficient (Wildman–Crippen LogP) is 4.12. The molecule has 3 aromatic rings. The number of hydrogen-bond acceptors (Lipinski definition) is 5. The standard InChI is InChI=1S/C24H29FN4O2/c1-17-19(8-10-26-24(17)31-16-21-5-4-12-30-21)14-28(2)15-20-7-6-18(13-22(20)25)23-9-11-29(3)27-23/h6-11,13,21H,4-5,12,14-16H2,1-3H3. The summed E-state index contributed by atoms with van der Waals surface area (Å²) in [6.07, 6.45) is 5.90. The van der Waals surface area contributed by atoms with E-state index in [9.17, 15) is 4.39 Å². The van der Waals surface area contributed by atoms with Crippen molar-refractivity contribution in [2.24, 2.45) is 7.05 Å². The summed E-state index contributed by atoms with van der Waals surface area (Å²) in [7, 11) is 3.84. The molecule has 0 N–H and O–H groups in total. The Labute approximate surface area is 182 Å². The van der Waals surface area contributed by atoms with E-state index in [-0.39, 0.29) is 11.9 Å². The first kappa shape index (κ1) is 21.5. The first-order valence-electron chi connectivity index (χ1n) is 10.7. The van der Waals surface area contributed by atoms with Crippen LogP contribution in [0.4, 0.5) is 4.39 Å². The van der Waals surface area contributed by atoms with Gasteiger partial charge in [-0.15, -0.1) is 0 Å². The van der Waals surface area contributed by atoms with Gasteiger partial charge in [0.15, 0.2) is 0 Å². The number of nitrogens with zero attached hydrogens (tertiary/aromatic N) is 4. The number of halogens is 1. The molecule has 1 unspecified atom stereocenters. The molecular weight excluding hydrogens is 395 g/mol. The molecule has 3 heterocycles. The van der Waals surface area contributed by atoms with Crippen LogP contribution in [0.5, 0.6) is 5.88 Å². The van der Waals surface area contributed by atoms with Gasteiger partial charge in [0.05, 0.1) is 11.8 Å². The molecule has 0 amide bonds. The normalized spacial score (nSPS) is 16.2. The fraction of sp³-hybridized carbons (Fsp3) is 0.417. The molecular formula is C24H29FN4O2. The third-order valence-corrected chi connectivity index (χ3v) is 5.64. The summed E-state index contributed by atoms with van der Waals surface area (Å²) in [6.45, 7) is 4.53. The quantitative estimate of drug-likeness (QED) is 0.545. The number of aromatic nitrogens is 3. The van der Waals surface area contributed by atoms with Crippen molar-refractivity contribution < 1.29 is 13.9 Å².